The van der Waals surface area contributed by atoms with Gasteiger partial charge in [0.1, 0.15) is 0 Å². The number of hydrogen-bond donors (Lipinski definition) is 2. The number of halogens is 1. The maximum atomic E-state index is 11.9. The Morgan fingerprint density at radius 2 is 1.92 bits per heavy atom. The van der Waals surface area contributed by atoms with Crippen LogP contribution in [-0.2, 0) is 13.0 Å². The summed E-state index contributed by atoms with van der Waals surface area (Å²) in [6.45, 7) is 3.48. The van der Waals surface area contributed by atoms with Crippen LogP contribution in [0.15, 0.2) is 42.5 Å². The highest BCUT2D eigenvalue weighted by atomic mass is 35.5. The molecule has 0 aliphatic carbocycles. The number of carbonyl (C=O) groups excluding carboxylic acids is 1. The highest BCUT2D eigenvalue weighted by Crippen LogP contribution is 2.28. The van der Waals surface area contributed by atoms with Crippen LogP contribution in [0.4, 0.5) is 4.79 Å². The first-order valence-electron chi connectivity index (χ1n) is 8.18. The molecule has 0 aromatic heterocycles. The highest BCUT2D eigenvalue weighted by Gasteiger charge is 2.06. The van der Waals surface area contributed by atoms with E-state index in [0.29, 0.717) is 36.9 Å². The molecule has 0 spiro atoms. The van der Waals surface area contributed by atoms with Crippen molar-refractivity contribution in [1.29, 1.82) is 0 Å². The second kappa shape index (κ2) is 9.79. The van der Waals surface area contributed by atoms with Crippen molar-refractivity contribution < 1.29 is 14.3 Å². The van der Waals surface area contributed by atoms with Gasteiger partial charge in [-0.25, -0.2) is 4.79 Å². The molecule has 2 aromatic carbocycles. The van der Waals surface area contributed by atoms with Gasteiger partial charge in [0, 0.05) is 18.1 Å². The summed E-state index contributed by atoms with van der Waals surface area (Å²) in [5.74, 6) is 1.42. The van der Waals surface area contributed by atoms with Gasteiger partial charge in [-0.05, 0) is 48.7 Å². The lowest BCUT2D eigenvalue weighted by Crippen LogP contribution is -2.36. The Hall–Kier alpha value is -2.40. The van der Waals surface area contributed by atoms with Crippen LogP contribution in [0.5, 0.6) is 11.5 Å². The topological polar surface area (TPSA) is 59.6 Å². The molecule has 6 heteroatoms. The Morgan fingerprint density at radius 1 is 1.08 bits per heavy atom. The zero-order valence-corrected chi connectivity index (χ0v) is 15.2. The summed E-state index contributed by atoms with van der Waals surface area (Å²) >= 11 is 5.92. The normalized spacial score (nSPS) is 10.2. The molecule has 0 fully saturated rings. The predicted molar refractivity (Wildman–Crippen MR) is 99.6 cm³/mol. The summed E-state index contributed by atoms with van der Waals surface area (Å²) < 4.78 is 10.8. The highest BCUT2D eigenvalue weighted by molar-refractivity contribution is 6.30. The smallest absolute Gasteiger partial charge is 0.315 e. The van der Waals surface area contributed by atoms with Crippen molar-refractivity contribution in [3.05, 3.63) is 58.6 Å². The number of ether oxygens (including phenoxy) is 2. The predicted octanol–water partition coefficient (Wildman–Crippen LogP) is 3.79. The zero-order chi connectivity index (χ0) is 18.1. The average Bonchev–Trinajstić information content (AvgIpc) is 2.61. The van der Waals surface area contributed by atoms with Crippen LogP contribution in [0.2, 0.25) is 5.02 Å². The molecule has 0 bridgehead atoms. The summed E-state index contributed by atoms with van der Waals surface area (Å²) in [5, 5.41) is 6.30. The fourth-order valence-electron chi connectivity index (χ4n) is 2.35. The molecule has 0 saturated heterocycles. The monoisotopic (exact) mass is 362 g/mol. The Labute approximate surface area is 153 Å². The van der Waals surface area contributed by atoms with Gasteiger partial charge in [0.05, 0.1) is 13.7 Å². The maximum absolute atomic E-state index is 11.9. The van der Waals surface area contributed by atoms with Crippen LogP contribution in [0, 0.1) is 0 Å². The van der Waals surface area contributed by atoms with Crippen molar-refractivity contribution >= 4 is 17.6 Å². The van der Waals surface area contributed by atoms with E-state index in [-0.39, 0.29) is 6.03 Å². The molecule has 2 amide bonds. The quantitative estimate of drug-likeness (QED) is 0.751. The second-order valence-corrected chi connectivity index (χ2v) is 5.84. The minimum Gasteiger partial charge on any atom is -0.493 e. The molecular formula is C19H23ClN2O3. The SMILES string of the molecule is CCOc1ccc(CCNC(=O)NCc2cccc(Cl)c2)cc1OC. The van der Waals surface area contributed by atoms with Crippen molar-refractivity contribution in [3.8, 4) is 11.5 Å². The molecule has 5 nitrogen and oxygen atoms in total. The van der Waals surface area contributed by atoms with Gasteiger partial charge in [-0.1, -0.05) is 29.8 Å². The molecule has 2 N–H and O–H groups in total. The molecule has 0 heterocycles. The van der Waals surface area contributed by atoms with E-state index in [9.17, 15) is 4.79 Å². The third-order valence-corrected chi connectivity index (χ3v) is 3.80. The van der Waals surface area contributed by atoms with Gasteiger partial charge in [0.15, 0.2) is 11.5 Å². The number of rotatable bonds is 8. The molecular weight excluding hydrogens is 340 g/mol. The first-order chi connectivity index (χ1) is 12.1. The minimum atomic E-state index is -0.210. The number of methoxy groups -OCH3 is 1. The largest absolute Gasteiger partial charge is 0.493 e. The number of amides is 2. The van der Waals surface area contributed by atoms with Crippen molar-refractivity contribution in [2.45, 2.75) is 19.9 Å². The summed E-state index contributed by atoms with van der Waals surface area (Å²) in [6, 6.07) is 13.0. The molecule has 0 atom stereocenters. The van der Waals surface area contributed by atoms with Gasteiger partial charge < -0.3 is 20.1 Å². The fraction of sp³-hybridized carbons (Fsp3) is 0.316. The third kappa shape index (κ3) is 6.19. The first kappa shape index (κ1) is 18.9. The lowest BCUT2D eigenvalue weighted by Gasteiger charge is -2.11. The van der Waals surface area contributed by atoms with Crippen molar-refractivity contribution in [3.63, 3.8) is 0 Å². The van der Waals surface area contributed by atoms with E-state index in [1.165, 1.54) is 0 Å². The number of urea groups is 1. The van der Waals surface area contributed by atoms with Crippen LogP contribution >= 0.6 is 11.6 Å². The average molecular weight is 363 g/mol. The summed E-state index contributed by atoms with van der Waals surface area (Å²) in [6.07, 6.45) is 0.702. The third-order valence-electron chi connectivity index (χ3n) is 3.57. The summed E-state index contributed by atoms with van der Waals surface area (Å²) in [5.41, 5.74) is 2.02. The Balaban J connectivity index is 1.77. The van der Waals surface area contributed by atoms with Crippen LogP contribution in [0.25, 0.3) is 0 Å². The summed E-state index contributed by atoms with van der Waals surface area (Å²) in [4.78, 5) is 11.9. The van der Waals surface area contributed by atoms with Crippen molar-refractivity contribution in [2.24, 2.45) is 0 Å². The van der Waals surface area contributed by atoms with Gasteiger partial charge in [-0.2, -0.15) is 0 Å². The van der Waals surface area contributed by atoms with Gasteiger partial charge in [-0.3, -0.25) is 0 Å². The molecule has 0 aliphatic rings. The Kier molecular flexibility index (Phi) is 7.41. The molecule has 0 saturated carbocycles. The molecule has 2 aromatic rings. The number of carbonyl (C=O) groups is 1. The van der Waals surface area contributed by atoms with Gasteiger partial charge in [0.2, 0.25) is 0 Å². The van der Waals surface area contributed by atoms with Gasteiger partial charge in [0.25, 0.3) is 0 Å². The molecule has 2 rings (SSSR count). The van der Waals surface area contributed by atoms with E-state index in [0.717, 1.165) is 16.9 Å². The number of hydrogen-bond acceptors (Lipinski definition) is 3. The van der Waals surface area contributed by atoms with Crippen LogP contribution in [-0.4, -0.2) is 26.3 Å². The van der Waals surface area contributed by atoms with Crippen LogP contribution < -0.4 is 20.1 Å². The van der Waals surface area contributed by atoms with E-state index >= 15 is 0 Å². The maximum Gasteiger partial charge on any atom is 0.315 e. The lowest BCUT2D eigenvalue weighted by atomic mass is 10.1. The molecule has 0 unspecified atom stereocenters. The van der Waals surface area contributed by atoms with Gasteiger partial charge in [-0.15, -0.1) is 0 Å². The Morgan fingerprint density at radius 3 is 2.64 bits per heavy atom. The molecule has 134 valence electrons. The van der Waals surface area contributed by atoms with Crippen molar-refractivity contribution in [2.75, 3.05) is 20.3 Å². The second-order valence-electron chi connectivity index (χ2n) is 5.41. The van der Waals surface area contributed by atoms with Gasteiger partial charge >= 0.3 is 6.03 Å². The number of nitrogens with one attached hydrogen (secondary N) is 2. The van der Waals surface area contributed by atoms with Crippen LogP contribution in [0.3, 0.4) is 0 Å². The molecule has 0 aliphatic heterocycles. The van der Waals surface area contributed by atoms with E-state index in [1.807, 2.05) is 43.3 Å². The number of benzene rings is 2. The van der Waals surface area contributed by atoms with E-state index in [4.69, 9.17) is 21.1 Å². The van der Waals surface area contributed by atoms with E-state index in [2.05, 4.69) is 10.6 Å². The zero-order valence-electron chi connectivity index (χ0n) is 14.5. The standard InChI is InChI=1S/C19H23ClN2O3/c1-3-25-17-8-7-14(12-18(17)24-2)9-10-21-19(23)22-13-15-5-4-6-16(20)11-15/h4-8,11-12H,3,9-10,13H2,1-2H3,(H2,21,22,23). The Bertz CT molecular complexity index is 707. The fourth-order valence-corrected chi connectivity index (χ4v) is 2.57. The van der Waals surface area contributed by atoms with Crippen molar-refractivity contribution in [1.82, 2.24) is 10.6 Å². The summed E-state index contributed by atoms with van der Waals surface area (Å²) in [7, 11) is 1.61. The molecule has 0 radical (unpaired) electrons. The first-order valence-corrected chi connectivity index (χ1v) is 8.56. The van der Waals surface area contributed by atoms with E-state index in [1.54, 1.807) is 13.2 Å². The lowest BCUT2D eigenvalue weighted by molar-refractivity contribution is 0.240. The molecule has 25 heavy (non-hydrogen) atoms. The minimum absolute atomic E-state index is 0.210. The van der Waals surface area contributed by atoms with Crippen LogP contribution in [0.1, 0.15) is 18.1 Å². The van der Waals surface area contributed by atoms with E-state index < -0.39 is 0 Å².